The van der Waals surface area contributed by atoms with Gasteiger partial charge in [0, 0.05) is 137 Å². The SMILES string of the molecule is CCN(c1cc(Br)cc2c(NCc3c(C)cc(C)[nH]c3=O)nccc12)C1CCOCC1.CCN(c1cccc2c(NCc3c(C)cc(C)[nH]c3=O)nccc12)C1CCOCC1. The van der Waals surface area contributed by atoms with E-state index in [9.17, 15) is 9.59 Å². The summed E-state index contributed by atoms with van der Waals surface area (Å²) in [7, 11) is 0. The number of halogens is 1. The van der Waals surface area contributed by atoms with Crippen LogP contribution in [0.2, 0.25) is 0 Å². The third kappa shape index (κ3) is 10.1. The highest BCUT2D eigenvalue weighted by Gasteiger charge is 2.24. The summed E-state index contributed by atoms with van der Waals surface area (Å²) >= 11 is 3.70. The van der Waals surface area contributed by atoms with Crippen molar-refractivity contribution in [2.75, 3.05) is 60.0 Å². The summed E-state index contributed by atoms with van der Waals surface area (Å²) in [5.41, 5.74) is 7.53. The number of fused-ring (bicyclic) bond motifs is 2. The van der Waals surface area contributed by atoms with Crippen molar-refractivity contribution in [3.63, 3.8) is 0 Å². The van der Waals surface area contributed by atoms with Crippen molar-refractivity contribution in [1.82, 2.24) is 19.9 Å². The second-order valence-corrected chi connectivity index (χ2v) is 17.0. The smallest absolute Gasteiger partial charge is 0.253 e. The summed E-state index contributed by atoms with van der Waals surface area (Å²) in [6.07, 6.45) is 7.86. The van der Waals surface area contributed by atoms with E-state index in [1.807, 2.05) is 52.2 Å². The molecule has 2 saturated heterocycles. The summed E-state index contributed by atoms with van der Waals surface area (Å²) in [5.74, 6) is 1.58. The zero-order valence-corrected chi connectivity index (χ0v) is 37.9. The molecule has 8 rings (SSSR count). The first-order chi connectivity index (χ1) is 29.6. The Kier molecular flexibility index (Phi) is 14.4. The molecule has 0 radical (unpaired) electrons. The molecule has 0 spiro atoms. The third-order valence-electron chi connectivity index (χ3n) is 12.0. The van der Waals surface area contributed by atoms with Crippen LogP contribution >= 0.6 is 15.9 Å². The Balaban J connectivity index is 0.000000184. The average Bonchev–Trinajstić information content (AvgIpc) is 3.25. The number of hydrogen-bond acceptors (Lipinski definition) is 10. The molecular formula is C48H59BrN8O4. The van der Waals surface area contributed by atoms with E-state index in [1.54, 1.807) is 0 Å². The molecule has 6 heterocycles. The van der Waals surface area contributed by atoms with Crippen LogP contribution in [0.5, 0.6) is 0 Å². The number of aromatic amines is 2. The molecule has 2 aromatic carbocycles. The molecule has 4 aromatic heterocycles. The molecule has 0 saturated carbocycles. The Morgan fingerprint density at radius 2 is 1.11 bits per heavy atom. The maximum absolute atomic E-state index is 12.4. The van der Waals surface area contributed by atoms with Gasteiger partial charge in [0.1, 0.15) is 11.6 Å². The molecule has 2 aliphatic rings. The van der Waals surface area contributed by atoms with Crippen LogP contribution in [-0.2, 0) is 22.6 Å². The number of hydrogen-bond donors (Lipinski definition) is 4. The van der Waals surface area contributed by atoms with Gasteiger partial charge in [0.15, 0.2) is 0 Å². The van der Waals surface area contributed by atoms with Gasteiger partial charge >= 0.3 is 0 Å². The fourth-order valence-corrected chi connectivity index (χ4v) is 9.43. The summed E-state index contributed by atoms with van der Waals surface area (Å²) in [5, 5.41) is 11.3. The second kappa shape index (κ2) is 20.1. The number of nitrogens with zero attached hydrogens (tertiary/aromatic N) is 4. The molecule has 12 nitrogen and oxygen atoms in total. The normalized spacial score (nSPS) is 14.7. The summed E-state index contributed by atoms with van der Waals surface area (Å²) in [6, 6.07) is 19.8. The van der Waals surface area contributed by atoms with Crippen LogP contribution in [0.15, 0.2) is 81.1 Å². The topological polar surface area (TPSA) is 140 Å². The van der Waals surface area contributed by atoms with Gasteiger partial charge in [-0.1, -0.05) is 28.1 Å². The van der Waals surface area contributed by atoms with Crippen molar-refractivity contribution in [3.8, 4) is 0 Å². The van der Waals surface area contributed by atoms with Crippen molar-refractivity contribution in [2.24, 2.45) is 0 Å². The van der Waals surface area contributed by atoms with E-state index in [-0.39, 0.29) is 11.1 Å². The molecule has 61 heavy (non-hydrogen) atoms. The lowest BCUT2D eigenvalue weighted by molar-refractivity contribution is 0.0846. The predicted octanol–water partition coefficient (Wildman–Crippen LogP) is 9.08. The average molecular weight is 892 g/mol. The maximum atomic E-state index is 12.4. The van der Waals surface area contributed by atoms with Gasteiger partial charge in [0.2, 0.25) is 0 Å². The maximum Gasteiger partial charge on any atom is 0.253 e. The molecule has 0 aliphatic carbocycles. The highest BCUT2D eigenvalue weighted by atomic mass is 79.9. The zero-order valence-electron chi connectivity index (χ0n) is 36.3. The Labute approximate surface area is 366 Å². The van der Waals surface area contributed by atoms with Crippen LogP contribution in [0.25, 0.3) is 21.5 Å². The molecule has 4 N–H and O–H groups in total. The quantitative estimate of drug-likeness (QED) is 0.0941. The first-order valence-corrected chi connectivity index (χ1v) is 22.4. The van der Waals surface area contributed by atoms with Crippen LogP contribution in [0.1, 0.15) is 73.2 Å². The lowest BCUT2D eigenvalue weighted by atomic mass is 10.0. The highest BCUT2D eigenvalue weighted by Crippen LogP contribution is 2.37. The van der Waals surface area contributed by atoms with Crippen LogP contribution < -0.4 is 31.6 Å². The van der Waals surface area contributed by atoms with Crippen molar-refractivity contribution >= 4 is 60.5 Å². The first kappa shape index (κ1) is 43.8. The van der Waals surface area contributed by atoms with E-state index < -0.39 is 0 Å². The monoisotopic (exact) mass is 890 g/mol. The third-order valence-corrected chi connectivity index (χ3v) is 12.5. The molecule has 0 amide bonds. The largest absolute Gasteiger partial charge is 0.381 e. The number of H-pyrrole nitrogens is 2. The lowest BCUT2D eigenvalue weighted by Gasteiger charge is -2.36. The number of ether oxygens (including phenoxy) is 2. The fourth-order valence-electron chi connectivity index (χ4n) is 8.98. The van der Waals surface area contributed by atoms with Gasteiger partial charge in [-0.2, -0.15) is 0 Å². The number of anilines is 4. The van der Waals surface area contributed by atoms with E-state index >= 15 is 0 Å². The predicted molar refractivity (Wildman–Crippen MR) is 253 cm³/mol. The molecule has 2 fully saturated rings. The van der Waals surface area contributed by atoms with Crippen molar-refractivity contribution in [3.05, 3.63) is 126 Å². The van der Waals surface area contributed by atoms with E-state index in [0.717, 1.165) is 131 Å². The van der Waals surface area contributed by atoms with Gasteiger partial charge in [-0.25, -0.2) is 9.97 Å². The molecular weight excluding hydrogens is 832 g/mol. The van der Waals surface area contributed by atoms with E-state index in [4.69, 9.17) is 9.47 Å². The lowest BCUT2D eigenvalue weighted by Crippen LogP contribution is -2.39. The molecule has 2 aliphatic heterocycles. The zero-order chi connectivity index (χ0) is 43.0. The van der Waals surface area contributed by atoms with E-state index in [2.05, 4.69) is 113 Å². The van der Waals surface area contributed by atoms with Crippen molar-refractivity contribution < 1.29 is 9.47 Å². The Morgan fingerprint density at radius 1 is 0.639 bits per heavy atom. The molecule has 0 atom stereocenters. The highest BCUT2D eigenvalue weighted by molar-refractivity contribution is 9.10. The van der Waals surface area contributed by atoms with Crippen LogP contribution in [-0.4, -0.2) is 71.5 Å². The van der Waals surface area contributed by atoms with Gasteiger partial charge in [0.25, 0.3) is 11.1 Å². The Bertz CT molecular complexity index is 2580. The summed E-state index contributed by atoms with van der Waals surface area (Å²) < 4.78 is 12.2. The number of aromatic nitrogens is 4. The number of aryl methyl sites for hydroxylation is 4. The number of benzene rings is 2. The second-order valence-electron chi connectivity index (χ2n) is 16.1. The minimum atomic E-state index is -0.0521. The van der Waals surface area contributed by atoms with Crippen LogP contribution in [0.4, 0.5) is 23.0 Å². The Hall–Kier alpha value is -5.24. The fraction of sp³-hybridized carbons (Fsp3) is 0.417. The minimum Gasteiger partial charge on any atom is -0.381 e. The van der Waals surface area contributed by atoms with Crippen LogP contribution in [0.3, 0.4) is 0 Å². The standard InChI is InChI=1S/C24H29BrN4O2.C24H30N4O2/c1-4-29(18-6-9-31-10-7-18)22-13-17(25)12-20-19(22)5-8-26-23(20)27-14-21-15(2)11-16(3)28-24(21)30;1-4-28(18-9-12-30-13-10-18)22-7-5-6-20-19(22)8-11-25-23(20)26-15-21-16(2)14-17(3)27-24(21)29/h5,8,11-13,18H,4,6-7,9-10,14H2,1-3H3,(H,26,27)(H,28,30);5-8,11,14,18H,4,9-10,12-13,15H2,1-3H3,(H,25,26)(H,27,29). The van der Waals surface area contributed by atoms with Crippen LogP contribution in [0, 0.1) is 27.7 Å². The van der Waals surface area contributed by atoms with E-state index in [0.29, 0.717) is 25.2 Å². The minimum absolute atomic E-state index is 0.0439. The molecule has 322 valence electrons. The number of pyridine rings is 4. The molecule has 13 heteroatoms. The van der Waals surface area contributed by atoms with E-state index in [1.165, 1.54) is 16.8 Å². The number of nitrogens with one attached hydrogen (secondary N) is 4. The van der Waals surface area contributed by atoms with Gasteiger partial charge in [-0.05, 0) is 121 Å². The van der Waals surface area contributed by atoms with Gasteiger partial charge in [-0.3, -0.25) is 9.59 Å². The molecule has 6 aromatic rings. The first-order valence-electron chi connectivity index (χ1n) is 21.6. The number of rotatable bonds is 12. The van der Waals surface area contributed by atoms with Gasteiger partial charge in [-0.15, -0.1) is 0 Å². The molecule has 0 bridgehead atoms. The van der Waals surface area contributed by atoms with Crippen molar-refractivity contribution in [1.29, 1.82) is 0 Å². The summed E-state index contributed by atoms with van der Waals surface area (Å²) in [6.45, 7) is 18.2. The molecule has 0 unspecified atom stereocenters. The summed E-state index contributed by atoms with van der Waals surface area (Å²) in [4.78, 5) is 44.7. The van der Waals surface area contributed by atoms with Gasteiger partial charge < -0.3 is 39.9 Å². The Morgan fingerprint density at radius 3 is 1.61 bits per heavy atom. The van der Waals surface area contributed by atoms with Gasteiger partial charge in [0.05, 0.1) is 0 Å². The van der Waals surface area contributed by atoms with Crippen molar-refractivity contribution in [2.45, 2.75) is 92.4 Å².